The van der Waals surface area contributed by atoms with Gasteiger partial charge >= 0.3 is 18.0 Å². The van der Waals surface area contributed by atoms with Crippen LogP contribution >= 0.6 is 11.6 Å². The van der Waals surface area contributed by atoms with E-state index in [0.29, 0.717) is 17.9 Å². The highest BCUT2D eigenvalue weighted by Gasteiger charge is 2.64. The van der Waals surface area contributed by atoms with E-state index < -0.39 is 83.0 Å². The first-order valence-corrected chi connectivity index (χ1v) is 19.8. The Kier molecular flexibility index (Phi) is 14.7. The third-order valence-electron chi connectivity index (χ3n) is 11.1. The summed E-state index contributed by atoms with van der Waals surface area (Å²) in [5.41, 5.74) is -1.47. The second kappa shape index (κ2) is 18.4. The molecule has 2 fully saturated rings. The van der Waals surface area contributed by atoms with Gasteiger partial charge in [0, 0.05) is 53.6 Å². The molecule has 322 valence electrons. The Balaban J connectivity index is 1.67. The molecule has 4 rings (SSSR count). The van der Waals surface area contributed by atoms with Crippen LogP contribution in [0.4, 0.5) is 10.5 Å². The third-order valence-corrected chi connectivity index (χ3v) is 11.5. The standard InChI is InChI=1S/C42H60ClN3O12/c1-24-14-13-15-31(54-12)42(52)22-30(55-35(49)23-42)25(2)37-41(7,57-37)32(21-34(48)46(10)28-19-27(18-24)20-29(53-11)36(28)43)56-38(50)26(3)45(9)33(47)16-17-44(8)39(51)58-40(4,5)6/h13-15,19-20,25-26,30-32,37,52H,16-18,21-23H2,1-12H3/b15-13+,24-14+/t25-,26+,30+,31-,32+,37+,41+,42-/m1/s1. The predicted octanol–water partition coefficient (Wildman–Crippen LogP) is 5.02. The third kappa shape index (κ3) is 10.9. The average Bonchev–Trinajstić information content (AvgIpc) is 3.84. The number of anilines is 1. The van der Waals surface area contributed by atoms with Crippen molar-refractivity contribution in [2.75, 3.05) is 46.8 Å². The van der Waals surface area contributed by atoms with Crippen LogP contribution in [0.3, 0.4) is 0 Å². The van der Waals surface area contributed by atoms with Crippen LogP contribution in [0, 0.1) is 5.92 Å². The van der Waals surface area contributed by atoms with Gasteiger partial charge in [-0.2, -0.15) is 0 Å². The van der Waals surface area contributed by atoms with E-state index in [9.17, 15) is 29.1 Å². The lowest BCUT2D eigenvalue weighted by atomic mass is 9.78. The van der Waals surface area contributed by atoms with Crippen LogP contribution in [0.15, 0.2) is 35.9 Å². The van der Waals surface area contributed by atoms with Crippen molar-refractivity contribution in [3.8, 4) is 5.75 Å². The Morgan fingerprint density at radius 3 is 2.45 bits per heavy atom. The number of benzene rings is 1. The lowest BCUT2D eigenvalue weighted by molar-refractivity contribution is -0.187. The first-order valence-electron chi connectivity index (χ1n) is 19.4. The van der Waals surface area contributed by atoms with E-state index >= 15 is 0 Å². The first kappa shape index (κ1) is 46.5. The van der Waals surface area contributed by atoms with Crippen molar-refractivity contribution in [2.24, 2.45) is 5.92 Å². The van der Waals surface area contributed by atoms with Crippen LogP contribution in [0.2, 0.25) is 5.02 Å². The van der Waals surface area contributed by atoms with E-state index in [-0.39, 0.29) is 37.3 Å². The molecule has 3 aliphatic heterocycles. The normalized spacial score (nSPS) is 29.8. The number of esters is 2. The van der Waals surface area contributed by atoms with Gasteiger partial charge in [-0.3, -0.25) is 14.4 Å². The number of epoxide rings is 1. The maximum atomic E-state index is 14.2. The van der Waals surface area contributed by atoms with Gasteiger partial charge in [0.2, 0.25) is 11.8 Å². The van der Waals surface area contributed by atoms with Gasteiger partial charge in [-0.25, -0.2) is 9.59 Å². The maximum Gasteiger partial charge on any atom is 0.410 e. The summed E-state index contributed by atoms with van der Waals surface area (Å²) in [6, 6.07) is 2.48. The van der Waals surface area contributed by atoms with E-state index in [1.807, 2.05) is 13.0 Å². The summed E-state index contributed by atoms with van der Waals surface area (Å²) in [6.45, 7) is 12.2. The van der Waals surface area contributed by atoms with Crippen molar-refractivity contribution in [3.05, 3.63) is 46.5 Å². The number of methoxy groups -OCH3 is 2. The van der Waals surface area contributed by atoms with Crippen molar-refractivity contribution >= 4 is 47.1 Å². The number of nitrogens with zero attached hydrogens (tertiary/aromatic N) is 3. The van der Waals surface area contributed by atoms with Crippen molar-refractivity contribution in [1.29, 1.82) is 0 Å². The number of halogens is 1. The summed E-state index contributed by atoms with van der Waals surface area (Å²) < 4.78 is 34.8. The molecular weight excluding hydrogens is 774 g/mol. The summed E-state index contributed by atoms with van der Waals surface area (Å²) in [6.07, 6.45) is 0.975. The van der Waals surface area contributed by atoms with Gasteiger partial charge in [0.25, 0.3) is 0 Å². The van der Waals surface area contributed by atoms with E-state index in [0.717, 1.165) is 11.1 Å². The van der Waals surface area contributed by atoms with Crippen molar-refractivity contribution in [1.82, 2.24) is 9.80 Å². The number of ether oxygens (including phenoxy) is 6. The minimum absolute atomic E-state index is 0.0324. The van der Waals surface area contributed by atoms with E-state index in [1.165, 1.54) is 49.9 Å². The molecule has 1 aromatic rings. The van der Waals surface area contributed by atoms with Gasteiger partial charge in [-0.15, -0.1) is 0 Å². The Bertz CT molecular complexity index is 1790. The molecular formula is C42H60ClN3O12. The summed E-state index contributed by atoms with van der Waals surface area (Å²) in [7, 11) is 7.47. The Morgan fingerprint density at radius 2 is 1.83 bits per heavy atom. The molecule has 2 saturated heterocycles. The molecule has 0 spiro atoms. The Labute approximate surface area is 346 Å². The highest BCUT2D eigenvalue weighted by atomic mass is 35.5. The smallest absolute Gasteiger partial charge is 0.410 e. The zero-order chi connectivity index (χ0) is 43.5. The zero-order valence-electron chi connectivity index (χ0n) is 35.8. The molecule has 4 bridgehead atoms. The Morgan fingerprint density at radius 1 is 1.16 bits per heavy atom. The summed E-state index contributed by atoms with van der Waals surface area (Å²) in [4.78, 5) is 70.7. The molecule has 3 amide bonds. The van der Waals surface area contributed by atoms with Crippen LogP contribution in [0.25, 0.3) is 0 Å². The van der Waals surface area contributed by atoms with Gasteiger partial charge < -0.3 is 48.2 Å². The lowest BCUT2D eigenvalue weighted by Gasteiger charge is -2.41. The van der Waals surface area contributed by atoms with Crippen LogP contribution in [0.5, 0.6) is 5.75 Å². The zero-order valence-corrected chi connectivity index (χ0v) is 36.5. The SMILES string of the molecule is COc1cc2cc(c1Cl)N(C)C(=O)C[C@H](OC(=O)[C@H](C)N(C)C(=O)CCN(C)C(=O)OC(C)(C)C)[C@]1(C)O[C@H]1[C@H](C)[C@@H]1C[C@@](O)(CC(=O)O1)[C@H](OC)/C=C/C=C(\C)C2. The van der Waals surface area contributed by atoms with E-state index in [4.69, 9.17) is 40.0 Å². The molecule has 58 heavy (non-hydrogen) atoms. The number of carbonyl (C=O) groups is 5. The topological polar surface area (TPSA) is 174 Å². The number of amides is 3. The van der Waals surface area contributed by atoms with Gasteiger partial charge in [-0.05, 0) is 65.7 Å². The predicted molar refractivity (Wildman–Crippen MR) is 216 cm³/mol. The van der Waals surface area contributed by atoms with Gasteiger partial charge in [0.05, 0.1) is 31.7 Å². The highest BCUT2D eigenvalue weighted by molar-refractivity contribution is 6.35. The lowest BCUT2D eigenvalue weighted by Crippen LogP contribution is -2.53. The van der Waals surface area contributed by atoms with Crippen molar-refractivity contribution < 1.29 is 57.5 Å². The number of aliphatic hydroxyl groups is 1. The number of hydrogen-bond donors (Lipinski definition) is 1. The number of likely N-dealkylation sites (N-methyl/N-ethyl adjacent to an activating group) is 1. The second-order valence-corrected chi connectivity index (χ2v) is 17.2. The number of fused-ring (bicyclic) bond motifs is 5. The number of allylic oxidation sites excluding steroid dienone is 3. The number of carbonyl (C=O) groups excluding carboxylic acids is 5. The summed E-state index contributed by atoms with van der Waals surface area (Å²) in [5, 5.41) is 12.1. The Hall–Kier alpha value is -4.18. The highest BCUT2D eigenvalue weighted by Crippen LogP contribution is 2.50. The molecule has 8 atom stereocenters. The second-order valence-electron chi connectivity index (χ2n) is 16.9. The minimum Gasteiger partial charge on any atom is -0.495 e. The molecule has 0 aliphatic carbocycles. The van der Waals surface area contributed by atoms with Crippen molar-refractivity contribution in [3.63, 3.8) is 0 Å². The molecule has 0 saturated carbocycles. The number of hydrogen-bond acceptors (Lipinski definition) is 12. The van der Waals surface area contributed by atoms with Gasteiger partial charge in [-0.1, -0.05) is 42.3 Å². The van der Waals surface area contributed by atoms with Crippen LogP contribution < -0.4 is 9.64 Å². The fourth-order valence-corrected chi connectivity index (χ4v) is 7.66. The maximum absolute atomic E-state index is 14.2. The molecule has 0 radical (unpaired) electrons. The fourth-order valence-electron chi connectivity index (χ4n) is 7.34. The summed E-state index contributed by atoms with van der Waals surface area (Å²) >= 11 is 6.78. The van der Waals surface area contributed by atoms with Crippen LogP contribution in [-0.4, -0.2) is 134 Å². The van der Waals surface area contributed by atoms with Gasteiger partial charge in [0.15, 0.2) is 0 Å². The first-order chi connectivity index (χ1) is 26.9. The summed E-state index contributed by atoms with van der Waals surface area (Å²) in [5.74, 6) is -2.46. The van der Waals surface area contributed by atoms with Crippen LogP contribution in [0.1, 0.15) is 79.7 Å². The molecule has 16 heteroatoms. The average molecular weight is 834 g/mol. The molecule has 3 heterocycles. The molecule has 1 N–H and O–H groups in total. The molecule has 15 nitrogen and oxygen atoms in total. The van der Waals surface area contributed by atoms with Crippen LogP contribution in [-0.2, 0) is 49.3 Å². The van der Waals surface area contributed by atoms with Gasteiger partial charge in [0.1, 0.15) is 51.9 Å². The van der Waals surface area contributed by atoms with E-state index in [1.54, 1.807) is 66.0 Å². The van der Waals surface area contributed by atoms with E-state index in [2.05, 4.69) is 0 Å². The molecule has 0 unspecified atom stereocenters. The molecule has 3 aliphatic rings. The largest absolute Gasteiger partial charge is 0.495 e. The molecule has 1 aromatic carbocycles. The van der Waals surface area contributed by atoms with Crippen molar-refractivity contribution in [2.45, 2.75) is 128 Å². The quantitative estimate of drug-likeness (QED) is 0.211. The monoisotopic (exact) mass is 833 g/mol. The number of rotatable bonds is 8. The fraction of sp³-hybridized carbons (Fsp3) is 0.643. The minimum atomic E-state index is -1.60. The molecule has 0 aromatic heterocycles.